The van der Waals surface area contributed by atoms with E-state index in [1.165, 1.54) is 5.75 Å². The van der Waals surface area contributed by atoms with Gasteiger partial charge in [-0.15, -0.1) is 0 Å². The van der Waals surface area contributed by atoms with Gasteiger partial charge in [-0.25, -0.2) is 0 Å². The highest BCUT2D eigenvalue weighted by atomic mass is 32.2. The van der Waals surface area contributed by atoms with Crippen molar-refractivity contribution in [2.45, 2.75) is 57.8 Å². The lowest BCUT2D eigenvalue weighted by molar-refractivity contribution is -0.139. The second-order valence-corrected chi connectivity index (χ2v) is 7.96. The zero-order valence-electron chi connectivity index (χ0n) is 12.8. The van der Waals surface area contributed by atoms with Gasteiger partial charge < -0.3 is 9.47 Å². The van der Waals surface area contributed by atoms with Crippen LogP contribution in [0.25, 0.3) is 0 Å². The Balaban J connectivity index is 1.70. The van der Waals surface area contributed by atoms with Gasteiger partial charge in [0.2, 0.25) is 0 Å². The number of rotatable bonds is 2. The zero-order chi connectivity index (χ0) is 14.3. The van der Waals surface area contributed by atoms with Crippen LogP contribution >= 0.6 is 11.8 Å². The molecule has 6 unspecified atom stereocenters. The fraction of sp³-hybridized carbons (Fsp3) is 0.938. The van der Waals surface area contributed by atoms with Crippen molar-refractivity contribution in [2.24, 2.45) is 17.8 Å². The van der Waals surface area contributed by atoms with Crippen LogP contribution < -0.4 is 0 Å². The average Bonchev–Trinajstić information content (AvgIpc) is 2.95. The number of hydrogen-bond acceptors (Lipinski definition) is 4. The number of ketones is 1. The van der Waals surface area contributed by atoms with E-state index in [0.717, 1.165) is 31.6 Å². The third-order valence-corrected chi connectivity index (χ3v) is 6.76. The van der Waals surface area contributed by atoms with E-state index >= 15 is 0 Å². The van der Waals surface area contributed by atoms with Gasteiger partial charge >= 0.3 is 0 Å². The van der Waals surface area contributed by atoms with Crippen LogP contribution in [0.4, 0.5) is 0 Å². The van der Waals surface area contributed by atoms with Crippen LogP contribution in [-0.4, -0.2) is 41.7 Å². The van der Waals surface area contributed by atoms with Crippen LogP contribution in [0.3, 0.4) is 0 Å². The number of carbonyl (C=O) groups is 1. The van der Waals surface area contributed by atoms with E-state index in [0.29, 0.717) is 11.7 Å². The van der Waals surface area contributed by atoms with Crippen LogP contribution in [0.5, 0.6) is 0 Å². The molecule has 1 spiro atoms. The second-order valence-electron chi connectivity index (χ2n) is 6.86. The summed E-state index contributed by atoms with van der Waals surface area (Å²) in [6.45, 7) is 7.07. The molecule has 6 atom stereocenters. The number of thioether (sulfide) groups is 1. The van der Waals surface area contributed by atoms with Gasteiger partial charge in [0.25, 0.3) is 0 Å². The summed E-state index contributed by atoms with van der Waals surface area (Å²) in [6, 6.07) is 0. The molecule has 0 amide bonds. The molecule has 4 heteroatoms. The van der Waals surface area contributed by atoms with Gasteiger partial charge in [-0.05, 0) is 44.8 Å². The van der Waals surface area contributed by atoms with Crippen molar-refractivity contribution in [3.63, 3.8) is 0 Å². The Morgan fingerprint density at radius 3 is 2.65 bits per heavy atom. The largest absolute Gasteiger partial charge is 0.375 e. The number of ether oxygens (including phenoxy) is 2. The number of carbonyl (C=O) groups excluding carboxylic acids is 1. The van der Waals surface area contributed by atoms with Crippen molar-refractivity contribution in [1.82, 2.24) is 0 Å². The fourth-order valence-electron chi connectivity index (χ4n) is 4.16. The molecule has 0 N–H and O–H groups in total. The Morgan fingerprint density at radius 1 is 1.25 bits per heavy atom. The Kier molecular flexibility index (Phi) is 4.17. The van der Waals surface area contributed by atoms with Crippen LogP contribution in [-0.2, 0) is 14.3 Å². The molecule has 0 bridgehead atoms. The SMILES string of the molecule is CC1OC(C)C(C(=O)C2CCOC3(CCSC3)C2)C1C. The third-order valence-electron chi connectivity index (χ3n) is 5.53. The third kappa shape index (κ3) is 2.55. The number of Topliss-reactive ketones (excluding diaryl/α,β-unsaturated/α-hetero) is 1. The van der Waals surface area contributed by atoms with E-state index in [1.807, 2.05) is 11.8 Å². The molecule has 3 fully saturated rings. The Labute approximate surface area is 126 Å². The molecule has 0 aromatic rings. The Hall–Kier alpha value is -0.0600. The van der Waals surface area contributed by atoms with Gasteiger partial charge in [-0.1, -0.05) is 6.92 Å². The van der Waals surface area contributed by atoms with E-state index in [-0.39, 0.29) is 29.6 Å². The summed E-state index contributed by atoms with van der Waals surface area (Å²) in [4.78, 5) is 13.0. The molecule has 0 radical (unpaired) electrons. The Morgan fingerprint density at radius 2 is 2.05 bits per heavy atom. The van der Waals surface area contributed by atoms with E-state index in [1.54, 1.807) is 0 Å². The molecule has 0 aromatic carbocycles. The summed E-state index contributed by atoms with van der Waals surface area (Å²) in [5.74, 6) is 3.30. The van der Waals surface area contributed by atoms with Crippen molar-refractivity contribution >= 4 is 17.5 Å². The molecular formula is C16H26O3S. The molecule has 3 heterocycles. The van der Waals surface area contributed by atoms with E-state index in [4.69, 9.17) is 9.47 Å². The molecule has 0 saturated carbocycles. The van der Waals surface area contributed by atoms with Gasteiger partial charge in [0, 0.05) is 24.2 Å². The van der Waals surface area contributed by atoms with E-state index in [9.17, 15) is 4.79 Å². The topological polar surface area (TPSA) is 35.5 Å². The highest BCUT2D eigenvalue weighted by Crippen LogP contribution is 2.43. The van der Waals surface area contributed by atoms with Gasteiger partial charge in [0.05, 0.1) is 17.8 Å². The number of hydrogen-bond donors (Lipinski definition) is 0. The first kappa shape index (κ1) is 14.9. The van der Waals surface area contributed by atoms with Crippen LogP contribution in [0.15, 0.2) is 0 Å². The second kappa shape index (κ2) is 5.62. The van der Waals surface area contributed by atoms with E-state index < -0.39 is 0 Å². The summed E-state index contributed by atoms with van der Waals surface area (Å²) in [5.41, 5.74) is 0.000791. The molecule has 3 aliphatic rings. The van der Waals surface area contributed by atoms with Gasteiger partial charge in [0.1, 0.15) is 5.78 Å². The fourth-order valence-corrected chi connectivity index (χ4v) is 5.54. The summed E-state index contributed by atoms with van der Waals surface area (Å²) in [5, 5.41) is 0. The van der Waals surface area contributed by atoms with Gasteiger partial charge in [-0.2, -0.15) is 11.8 Å². The Bertz CT molecular complexity index is 378. The summed E-state index contributed by atoms with van der Waals surface area (Å²) in [6.07, 6.45) is 3.22. The minimum absolute atomic E-state index is 0.000791. The molecule has 20 heavy (non-hydrogen) atoms. The van der Waals surface area contributed by atoms with Crippen molar-refractivity contribution in [2.75, 3.05) is 18.1 Å². The maximum absolute atomic E-state index is 13.0. The van der Waals surface area contributed by atoms with Crippen LogP contribution in [0, 0.1) is 17.8 Å². The maximum Gasteiger partial charge on any atom is 0.142 e. The molecule has 3 nitrogen and oxygen atoms in total. The van der Waals surface area contributed by atoms with Crippen molar-refractivity contribution in [3.8, 4) is 0 Å². The van der Waals surface area contributed by atoms with E-state index in [2.05, 4.69) is 20.8 Å². The quantitative estimate of drug-likeness (QED) is 0.785. The minimum Gasteiger partial charge on any atom is -0.375 e. The highest BCUT2D eigenvalue weighted by Gasteiger charge is 2.48. The lowest BCUT2D eigenvalue weighted by Gasteiger charge is -2.38. The standard InChI is InChI=1S/C16H26O3S/c1-10-11(2)19-12(3)14(10)15(17)13-4-6-18-16(8-13)5-7-20-9-16/h10-14H,4-9H2,1-3H3. The van der Waals surface area contributed by atoms with Crippen LogP contribution in [0.1, 0.15) is 40.0 Å². The monoisotopic (exact) mass is 298 g/mol. The molecule has 0 aromatic heterocycles. The first-order valence-corrected chi connectivity index (χ1v) is 9.09. The lowest BCUT2D eigenvalue weighted by atomic mass is 9.75. The van der Waals surface area contributed by atoms with Crippen molar-refractivity contribution in [1.29, 1.82) is 0 Å². The first-order valence-electron chi connectivity index (χ1n) is 7.93. The smallest absolute Gasteiger partial charge is 0.142 e. The molecule has 0 aliphatic carbocycles. The molecule has 3 rings (SSSR count). The minimum atomic E-state index is 0.000791. The predicted molar refractivity (Wildman–Crippen MR) is 81.0 cm³/mol. The highest BCUT2D eigenvalue weighted by molar-refractivity contribution is 7.99. The molecule has 114 valence electrons. The summed E-state index contributed by atoms with van der Waals surface area (Å²) < 4.78 is 11.9. The summed E-state index contributed by atoms with van der Waals surface area (Å²) >= 11 is 1.97. The van der Waals surface area contributed by atoms with Crippen molar-refractivity contribution < 1.29 is 14.3 Å². The predicted octanol–water partition coefficient (Wildman–Crippen LogP) is 2.92. The normalized spacial score (nSPS) is 48.9. The first-order chi connectivity index (χ1) is 9.52. The van der Waals surface area contributed by atoms with Gasteiger partial charge in [0.15, 0.2) is 0 Å². The lowest BCUT2D eigenvalue weighted by Crippen LogP contribution is -2.44. The molecule has 3 aliphatic heterocycles. The van der Waals surface area contributed by atoms with Crippen molar-refractivity contribution in [3.05, 3.63) is 0 Å². The zero-order valence-corrected chi connectivity index (χ0v) is 13.6. The maximum atomic E-state index is 13.0. The van der Waals surface area contributed by atoms with Gasteiger partial charge in [-0.3, -0.25) is 4.79 Å². The van der Waals surface area contributed by atoms with Crippen LogP contribution in [0.2, 0.25) is 0 Å². The summed E-state index contributed by atoms with van der Waals surface area (Å²) in [7, 11) is 0. The molecule has 3 saturated heterocycles. The molecular weight excluding hydrogens is 272 g/mol. The average molecular weight is 298 g/mol.